The minimum absolute atomic E-state index is 0.0422. The van der Waals surface area contributed by atoms with Crippen molar-refractivity contribution in [3.8, 4) is 28.4 Å². The number of aliphatic carboxylic acids is 1. The molecule has 1 saturated heterocycles. The first kappa shape index (κ1) is 25.5. The molecule has 2 aromatic carbocycles. The summed E-state index contributed by atoms with van der Waals surface area (Å²) in [7, 11) is -3.67. The number of carbonyl (C=O) groups is 1. The molecule has 1 N–H and O–H groups in total. The van der Waals surface area contributed by atoms with Crippen LogP contribution in [0.4, 0.5) is 8.78 Å². The van der Waals surface area contributed by atoms with Crippen LogP contribution in [0, 0.1) is 11.6 Å². The highest BCUT2D eigenvalue weighted by Crippen LogP contribution is 2.33. The van der Waals surface area contributed by atoms with E-state index in [1.54, 1.807) is 17.0 Å². The zero-order chi connectivity index (χ0) is 25.9. The SMILES string of the molecule is CS(=O)(=O)c1cc(Oc2cncc(-c3ccc(F)c(F)c3)c2)ccc1OC1CCN(CC(=O)O)CC1. The van der Waals surface area contributed by atoms with Crippen LogP contribution in [0.1, 0.15) is 12.8 Å². The van der Waals surface area contributed by atoms with Gasteiger partial charge in [-0.1, -0.05) is 6.07 Å². The Morgan fingerprint density at radius 2 is 1.78 bits per heavy atom. The van der Waals surface area contributed by atoms with Crippen molar-refractivity contribution >= 4 is 15.8 Å². The summed E-state index contributed by atoms with van der Waals surface area (Å²) in [5.41, 5.74) is 0.894. The van der Waals surface area contributed by atoms with Crippen molar-refractivity contribution in [1.82, 2.24) is 9.88 Å². The smallest absolute Gasteiger partial charge is 0.317 e. The van der Waals surface area contributed by atoms with E-state index in [0.29, 0.717) is 37.1 Å². The summed E-state index contributed by atoms with van der Waals surface area (Å²) in [5.74, 6) is -2.15. The first-order valence-corrected chi connectivity index (χ1v) is 13.0. The second-order valence-electron chi connectivity index (χ2n) is 8.51. The number of carboxylic acid groups (broad SMARTS) is 1. The van der Waals surface area contributed by atoms with Gasteiger partial charge < -0.3 is 14.6 Å². The van der Waals surface area contributed by atoms with Crippen molar-refractivity contribution in [1.29, 1.82) is 0 Å². The van der Waals surface area contributed by atoms with Crippen molar-refractivity contribution in [3.63, 3.8) is 0 Å². The fourth-order valence-electron chi connectivity index (χ4n) is 3.94. The summed E-state index contributed by atoms with van der Waals surface area (Å²) in [6.07, 6.45) is 4.84. The number of likely N-dealkylation sites (tertiary alicyclic amines) is 1. The number of nitrogens with zero attached hydrogens (tertiary/aromatic N) is 2. The highest BCUT2D eigenvalue weighted by Gasteiger charge is 2.24. The van der Waals surface area contributed by atoms with Gasteiger partial charge >= 0.3 is 5.97 Å². The summed E-state index contributed by atoms with van der Waals surface area (Å²) in [5, 5.41) is 8.93. The molecular formula is C25H24F2N2O6S. The van der Waals surface area contributed by atoms with Crippen LogP contribution >= 0.6 is 0 Å². The summed E-state index contributed by atoms with van der Waals surface area (Å²) in [4.78, 5) is 16.7. The lowest BCUT2D eigenvalue weighted by Crippen LogP contribution is -2.40. The molecule has 0 spiro atoms. The molecule has 3 aromatic rings. The maximum atomic E-state index is 13.6. The van der Waals surface area contributed by atoms with E-state index in [4.69, 9.17) is 14.6 Å². The van der Waals surface area contributed by atoms with Crippen LogP contribution in [-0.4, -0.2) is 61.4 Å². The van der Waals surface area contributed by atoms with Crippen LogP contribution in [-0.2, 0) is 14.6 Å². The average Bonchev–Trinajstić information content (AvgIpc) is 2.82. The lowest BCUT2D eigenvalue weighted by Gasteiger charge is -2.31. The summed E-state index contributed by atoms with van der Waals surface area (Å²) >= 11 is 0. The maximum absolute atomic E-state index is 13.6. The number of sulfone groups is 1. The number of benzene rings is 2. The van der Waals surface area contributed by atoms with Crippen LogP contribution in [0.3, 0.4) is 0 Å². The molecule has 0 radical (unpaired) electrons. The van der Waals surface area contributed by atoms with Gasteiger partial charge in [-0.2, -0.15) is 0 Å². The molecule has 0 aliphatic carbocycles. The average molecular weight is 519 g/mol. The molecule has 0 bridgehead atoms. The van der Waals surface area contributed by atoms with Gasteiger partial charge in [0.05, 0.1) is 12.7 Å². The predicted octanol–water partition coefficient (Wildman–Crippen LogP) is 4.15. The number of halogens is 2. The molecule has 1 fully saturated rings. The standard InChI is InChI=1S/C25H24F2N2O6S/c1-36(32,33)24-12-19(3-5-23(24)35-18-6-8-29(9-7-18)15-25(30)31)34-20-10-17(13-28-14-20)16-2-4-21(26)22(27)11-16/h2-5,10-14,18H,6-9,15H2,1H3,(H,30,31). The van der Waals surface area contributed by atoms with Gasteiger partial charge in [-0.3, -0.25) is 14.7 Å². The number of pyridine rings is 1. The third-order valence-electron chi connectivity index (χ3n) is 5.70. The molecule has 0 saturated carbocycles. The van der Waals surface area contributed by atoms with E-state index in [0.717, 1.165) is 18.4 Å². The molecule has 11 heteroatoms. The quantitative estimate of drug-likeness (QED) is 0.474. The van der Waals surface area contributed by atoms with E-state index in [9.17, 15) is 22.0 Å². The second-order valence-corrected chi connectivity index (χ2v) is 10.5. The molecule has 8 nitrogen and oxygen atoms in total. The highest BCUT2D eigenvalue weighted by atomic mass is 32.2. The topological polar surface area (TPSA) is 106 Å². The fourth-order valence-corrected chi connectivity index (χ4v) is 4.75. The number of ether oxygens (including phenoxy) is 2. The molecule has 190 valence electrons. The Bertz CT molecular complexity index is 1370. The van der Waals surface area contributed by atoms with Crippen molar-refractivity contribution in [2.75, 3.05) is 25.9 Å². The third kappa shape index (κ3) is 6.35. The predicted molar refractivity (Wildman–Crippen MR) is 127 cm³/mol. The van der Waals surface area contributed by atoms with Crippen LogP contribution in [0.15, 0.2) is 59.8 Å². The molecule has 36 heavy (non-hydrogen) atoms. The summed E-state index contributed by atoms with van der Waals surface area (Å²) in [6.45, 7) is 1.03. The molecule has 0 unspecified atom stereocenters. The Balaban J connectivity index is 1.51. The van der Waals surface area contributed by atoms with Crippen molar-refractivity contribution < 1.29 is 36.6 Å². The number of aromatic nitrogens is 1. The highest BCUT2D eigenvalue weighted by molar-refractivity contribution is 7.90. The van der Waals surface area contributed by atoms with E-state index in [1.807, 2.05) is 0 Å². The molecule has 0 atom stereocenters. The van der Waals surface area contributed by atoms with Crippen LogP contribution in [0.2, 0.25) is 0 Å². The number of carboxylic acids is 1. The van der Waals surface area contributed by atoms with Crippen molar-refractivity contribution in [3.05, 3.63) is 66.5 Å². The number of piperidine rings is 1. The van der Waals surface area contributed by atoms with E-state index < -0.39 is 27.4 Å². The Morgan fingerprint density at radius 3 is 2.44 bits per heavy atom. The molecule has 1 aliphatic heterocycles. The lowest BCUT2D eigenvalue weighted by molar-refractivity contribution is -0.138. The van der Waals surface area contributed by atoms with Gasteiger partial charge in [-0.05, 0) is 48.7 Å². The van der Waals surface area contributed by atoms with Crippen LogP contribution < -0.4 is 9.47 Å². The molecule has 2 heterocycles. The normalized spacial score (nSPS) is 15.0. The van der Waals surface area contributed by atoms with E-state index in [1.165, 1.54) is 30.6 Å². The Hall–Kier alpha value is -3.57. The zero-order valence-electron chi connectivity index (χ0n) is 19.4. The lowest BCUT2D eigenvalue weighted by atomic mass is 10.1. The van der Waals surface area contributed by atoms with E-state index in [2.05, 4.69) is 4.98 Å². The molecule has 1 aromatic heterocycles. The first-order chi connectivity index (χ1) is 17.1. The second kappa shape index (κ2) is 10.6. The summed E-state index contributed by atoms with van der Waals surface area (Å²) in [6, 6.07) is 9.50. The molecule has 4 rings (SSSR count). The van der Waals surface area contributed by atoms with Gasteiger partial charge in [-0.15, -0.1) is 0 Å². The molecule has 1 aliphatic rings. The maximum Gasteiger partial charge on any atom is 0.317 e. The van der Waals surface area contributed by atoms with Gasteiger partial charge in [0.2, 0.25) is 0 Å². The van der Waals surface area contributed by atoms with Gasteiger partial charge in [0.15, 0.2) is 21.5 Å². The van der Waals surface area contributed by atoms with Gasteiger partial charge in [0.1, 0.15) is 28.2 Å². The fraction of sp³-hybridized carbons (Fsp3) is 0.280. The van der Waals surface area contributed by atoms with Crippen molar-refractivity contribution in [2.24, 2.45) is 0 Å². The minimum atomic E-state index is -3.67. The summed E-state index contributed by atoms with van der Waals surface area (Å²) < 4.78 is 63.6. The molecular weight excluding hydrogens is 494 g/mol. The van der Waals surface area contributed by atoms with Gasteiger partial charge in [0, 0.05) is 37.2 Å². The Labute approximate surface area is 207 Å². The van der Waals surface area contributed by atoms with Crippen LogP contribution in [0.5, 0.6) is 17.2 Å². The third-order valence-corrected chi connectivity index (χ3v) is 6.82. The number of rotatable bonds is 8. The van der Waals surface area contributed by atoms with E-state index in [-0.39, 0.29) is 34.8 Å². The molecule has 0 amide bonds. The Kier molecular flexibility index (Phi) is 7.51. The zero-order valence-corrected chi connectivity index (χ0v) is 20.2. The van der Waals surface area contributed by atoms with Crippen molar-refractivity contribution in [2.45, 2.75) is 23.8 Å². The first-order valence-electron chi connectivity index (χ1n) is 11.1. The van der Waals surface area contributed by atoms with Crippen LogP contribution in [0.25, 0.3) is 11.1 Å². The monoisotopic (exact) mass is 518 g/mol. The minimum Gasteiger partial charge on any atom is -0.489 e. The number of hydrogen-bond acceptors (Lipinski definition) is 7. The van der Waals surface area contributed by atoms with Gasteiger partial charge in [0.25, 0.3) is 0 Å². The van der Waals surface area contributed by atoms with Gasteiger partial charge in [-0.25, -0.2) is 17.2 Å². The largest absolute Gasteiger partial charge is 0.489 e. The Morgan fingerprint density at radius 1 is 1.03 bits per heavy atom. The number of hydrogen-bond donors (Lipinski definition) is 1. The van der Waals surface area contributed by atoms with E-state index >= 15 is 0 Å².